The van der Waals surface area contributed by atoms with Gasteiger partial charge in [0.2, 0.25) is 0 Å². The van der Waals surface area contributed by atoms with Gasteiger partial charge in [-0.25, -0.2) is 0 Å². The maximum absolute atomic E-state index is 6.58. The molecule has 0 saturated carbocycles. The first-order valence-electron chi connectivity index (χ1n) is 21.2. The van der Waals surface area contributed by atoms with Crippen LogP contribution in [-0.4, -0.2) is 9.13 Å². The molecule has 0 atom stereocenters. The lowest BCUT2D eigenvalue weighted by Crippen LogP contribution is -2.14. The summed E-state index contributed by atoms with van der Waals surface area (Å²) in [5.41, 5.74) is 14.2. The number of rotatable bonds is 6. The van der Waals surface area contributed by atoms with Gasteiger partial charge in [-0.3, -0.25) is 0 Å². The predicted molar refractivity (Wildman–Crippen MR) is 260 cm³/mol. The number of hydrogen-bond donors (Lipinski definition) is 0. The first-order chi connectivity index (χ1) is 30.8. The first kappa shape index (κ1) is 34.5. The molecule has 62 heavy (non-hydrogen) atoms. The SMILES string of the molecule is c1ccc(N(c2ccc(-n3c4ccccc4c4ccccc43)cc2)c2ccccc2-n2c3ccccc3c3ccccc32)c(-c2ccc3oc4c5ccccc5ccc4c3c2)c1. The molecule has 13 aromatic rings. The maximum Gasteiger partial charge on any atom is 0.143 e. The maximum atomic E-state index is 6.58. The number of para-hydroxylation sites is 7. The molecule has 0 N–H and O–H groups in total. The third-order valence-corrected chi connectivity index (χ3v) is 12.7. The van der Waals surface area contributed by atoms with E-state index in [0.717, 1.165) is 66.9 Å². The van der Waals surface area contributed by atoms with Gasteiger partial charge in [-0.1, -0.05) is 140 Å². The second-order valence-corrected chi connectivity index (χ2v) is 16.1. The van der Waals surface area contributed by atoms with Crippen molar-refractivity contribution in [3.8, 4) is 22.5 Å². The Hall–Kier alpha value is -8.34. The molecular formula is C58H37N3O. The van der Waals surface area contributed by atoms with Crippen LogP contribution < -0.4 is 4.90 Å². The van der Waals surface area contributed by atoms with E-state index in [9.17, 15) is 0 Å². The Morgan fingerprint density at radius 2 is 0.887 bits per heavy atom. The summed E-state index contributed by atoms with van der Waals surface area (Å²) >= 11 is 0. The zero-order chi connectivity index (χ0) is 40.7. The van der Waals surface area contributed by atoms with Gasteiger partial charge in [0.1, 0.15) is 11.2 Å². The number of aromatic nitrogens is 2. The van der Waals surface area contributed by atoms with E-state index in [1.54, 1.807) is 0 Å². The van der Waals surface area contributed by atoms with Crippen LogP contribution in [0.2, 0.25) is 0 Å². The molecule has 0 radical (unpaired) electrons. The number of hydrogen-bond acceptors (Lipinski definition) is 2. The van der Waals surface area contributed by atoms with Crippen LogP contribution in [0.1, 0.15) is 0 Å². The molecule has 0 unspecified atom stereocenters. The predicted octanol–water partition coefficient (Wildman–Crippen LogP) is 16.1. The van der Waals surface area contributed by atoms with Gasteiger partial charge in [-0.2, -0.15) is 0 Å². The fourth-order valence-electron chi connectivity index (χ4n) is 9.97. The van der Waals surface area contributed by atoms with E-state index in [1.165, 1.54) is 49.0 Å². The normalized spacial score (nSPS) is 11.9. The van der Waals surface area contributed by atoms with E-state index < -0.39 is 0 Å². The Morgan fingerprint density at radius 1 is 0.355 bits per heavy atom. The van der Waals surface area contributed by atoms with Crippen LogP contribution in [0.25, 0.3) is 98.8 Å². The van der Waals surface area contributed by atoms with Crippen molar-refractivity contribution in [2.75, 3.05) is 4.90 Å². The van der Waals surface area contributed by atoms with Gasteiger partial charge in [0, 0.05) is 54.6 Å². The van der Waals surface area contributed by atoms with Crippen LogP contribution in [0, 0.1) is 0 Å². The molecule has 0 aliphatic carbocycles. The Kier molecular flexibility index (Phi) is 7.57. The molecule has 4 heteroatoms. The summed E-state index contributed by atoms with van der Waals surface area (Å²) in [5, 5.41) is 9.48. The van der Waals surface area contributed by atoms with Gasteiger partial charge >= 0.3 is 0 Å². The highest BCUT2D eigenvalue weighted by Gasteiger charge is 2.24. The average Bonchev–Trinajstić information content (AvgIpc) is 4.00. The fourth-order valence-corrected chi connectivity index (χ4v) is 9.97. The quantitative estimate of drug-likeness (QED) is 0.168. The number of nitrogens with zero attached hydrogens (tertiary/aromatic N) is 3. The van der Waals surface area contributed by atoms with E-state index >= 15 is 0 Å². The summed E-state index contributed by atoms with van der Waals surface area (Å²) in [4.78, 5) is 2.44. The zero-order valence-electron chi connectivity index (χ0n) is 33.6. The lowest BCUT2D eigenvalue weighted by Gasteiger charge is -2.30. The highest BCUT2D eigenvalue weighted by atomic mass is 16.3. The van der Waals surface area contributed by atoms with E-state index in [-0.39, 0.29) is 0 Å². The van der Waals surface area contributed by atoms with Crippen LogP contribution in [0.5, 0.6) is 0 Å². The molecule has 0 bridgehead atoms. The van der Waals surface area contributed by atoms with Crippen molar-refractivity contribution in [2.45, 2.75) is 0 Å². The smallest absolute Gasteiger partial charge is 0.143 e. The Balaban J connectivity index is 1.05. The van der Waals surface area contributed by atoms with Crippen molar-refractivity contribution in [2.24, 2.45) is 0 Å². The molecule has 4 nitrogen and oxygen atoms in total. The summed E-state index contributed by atoms with van der Waals surface area (Å²) in [7, 11) is 0. The molecule has 0 saturated heterocycles. The molecule has 3 aromatic heterocycles. The molecule has 0 amide bonds. The summed E-state index contributed by atoms with van der Waals surface area (Å²) in [6.07, 6.45) is 0. The van der Waals surface area contributed by atoms with Crippen molar-refractivity contribution in [3.05, 3.63) is 224 Å². The highest BCUT2D eigenvalue weighted by Crippen LogP contribution is 2.46. The van der Waals surface area contributed by atoms with Gasteiger partial charge < -0.3 is 18.5 Å². The van der Waals surface area contributed by atoms with Gasteiger partial charge in [-0.05, 0) is 95.9 Å². The van der Waals surface area contributed by atoms with Crippen LogP contribution in [-0.2, 0) is 0 Å². The lowest BCUT2D eigenvalue weighted by molar-refractivity contribution is 0.672. The second-order valence-electron chi connectivity index (χ2n) is 16.1. The minimum Gasteiger partial charge on any atom is -0.455 e. The van der Waals surface area contributed by atoms with Crippen LogP contribution in [0.4, 0.5) is 17.1 Å². The number of furan rings is 1. The fraction of sp³-hybridized carbons (Fsp3) is 0. The van der Waals surface area contributed by atoms with E-state index in [4.69, 9.17) is 4.42 Å². The average molecular weight is 792 g/mol. The Morgan fingerprint density at radius 3 is 1.55 bits per heavy atom. The molecule has 0 aliphatic rings. The molecule has 0 aliphatic heterocycles. The minimum atomic E-state index is 0.881. The minimum absolute atomic E-state index is 0.881. The molecule has 13 rings (SSSR count). The summed E-state index contributed by atoms with van der Waals surface area (Å²) < 4.78 is 11.4. The molecular weight excluding hydrogens is 755 g/mol. The molecule has 3 heterocycles. The van der Waals surface area contributed by atoms with Crippen molar-refractivity contribution >= 4 is 93.4 Å². The highest BCUT2D eigenvalue weighted by molar-refractivity contribution is 6.16. The van der Waals surface area contributed by atoms with Crippen LogP contribution in [0.15, 0.2) is 229 Å². The van der Waals surface area contributed by atoms with E-state index in [0.29, 0.717) is 0 Å². The molecule has 10 aromatic carbocycles. The summed E-state index contributed by atoms with van der Waals surface area (Å²) in [5.74, 6) is 0. The van der Waals surface area contributed by atoms with Crippen molar-refractivity contribution in [3.63, 3.8) is 0 Å². The third-order valence-electron chi connectivity index (χ3n) is 12.7. The molecule has 0 spiro atoms. The number of benzene rings is 10. The van der Waals surface area contributed by atoms with Gasteiger partial charge in [-0.15, -0.1) is 0 Å². The van der Waals surface area contributed by atoms with E-state index in [1.807, 2.05) is 0 Å². The summed E-state index contributed by atoms with van der Waals surface area (Å²) in [6.45, 7) is 0. The second kappa shape index (κ2) is 13.6. The largest absolute Gasteiger partial charge is 0.455 e. The van der Waals surface area contributed by atoms with Crippen LogP contribution in [0.3, 0.4) is 0 Å². The van der Waals surface area contributed by atoms with E-state index in [2.05, 4.69) is 238 Å². The third kappa shape index (κ3) is 5.14. The van der Waals surface area contributed by atoms with Crippen molar-refractivity contribution in [1.29, 1.82) is 0 Å². The Bertz CT molecular complexity index is 3780. The number of fused-ring (bicyclic) bond motifs is 11. The topological polar surface area (TPSA) is 26.2 Å². The molecule has 0 fully saturated rings. The Labute approximate surface area is 357 Å². The molecule has 290 valence electrons. The van der Waals surface area contributed by atoms with Crippen LogP contribution >= 0.6 is 0 Å². The summed E-state index contributed by atoms with van der Waals surface area (Å²) in [6, 6.07) is 81.0. The van der Waals surface area contributed by atoms with Crippen molar-refractivity contribution in [1.82, 2.24) is 9.13 Å². The van der Waals surface area contributed by atoms with Gasteiger partial charge in [0.25, 0.3) is 0 Å². The number of anilines is 3. The zero-order valence-corrected chi connectivity index (χ0v) is 33.6. The van der Waals surface area contributed by atoms with Crippen molar-refractivity contribution < 1.29 is 4.42 Å². The lowest BCUT2D eigenvalue weighted by atomic mass is 9.99. The van der Waals surface area contributed by atoms with Gasteiger partial charge in [0.05, 0.1) is 39.1 Å². The van der Waals surface area contributed by atoms with Gasteiger partial charge in [0.15, 0.2) is 0 Å². The monoisotopic (exact) mass is 791 g/mol. The first-order valence-corrected chi connectivity index (χ1v) is 21.2. The standard InChI is InChI=1S/C58H37N3O/c1-2-17-43-38(15-1)29-35-48-49-37-39(30-36-57(49)62-58(43)48)42-16-3-8-22-50(42)60(41-33-31-40(32-34-41)59-51-23-9-4-18-44(51)45-19-5-10-24-52(45)59)55-27-13-14-28-56(55)61-53-25-11-6-20-46(53)47-21-7-12-26-54(47)61/h1-37H.